The second-order valence-electron chi connectivity index (χ2n) is 5.27. The molecule has 0 unspecified atom stereocenters. The SMILES string of the molecule is N#CC(C#N)=c1s/c(=C/c2ccccc2F)c(=O)n1-c1ccc(F)cc1F. The summed E-state index contributed by atoms with van der Waals surface area (Å²) in [6.07, 6.45) is 1.25. The Morgan fingerprint density at radius 1 is 1.04 bits per heavy atom. The summed E-state index contributed by atoms with van der Waals surface area (Å²) in [7, 11) is 0. The summed E-state index contributed by atoms with van der Waals surface area (Å²) in [5.41, 5.74) is -1.38. The van der Waals surface area contributed by atoms with Gasteiger partial charge in [-0.2, -0.15) is 10.5 Å². The second kappa shape index (κ2) is 7.32. The van der Waals surface area contributed by atoms with Crippen LogP contribution in [0.4, 0.5) is 13.2 Å². The molecule has 1 aromatic heterocycles. The molecule has 2 aromatic carbocycles. The van der Waals surface area contributed by atoms with Gasteiger partial charge < -0.3 is 0 Å². The number of halogens is 3. The summed E-state index contributed by atoms with van der Waals surface area (Å²) in [6.45, 7) is 0. The highest BCUT2D eigenvalue weighted by atomic mass is 32.1. The van der Waals surface area contributed by atoms with Crippen molar-refractivity contribution in [1.29, 1.82) is 10.5 Å². The van der Waals surface area contributed by atoms with Crippen LogP contribution in [-0.2, 0) is 0 Å². The second-order valence-corrected chi connectivity index (χ2v) is 6.30. The van der Waals surface area contributed by atoms with Crippen molar-refractivity contribution in [1.82, 2.24) is 4.57 Å². The number of nitriles is 2. The topological polar surface area (TPSA) is 69.6 Å². The van der Waals surface area contributed by atoms with Gasteiger partial charge >= 0.3 is 0 Å². The molecule has 1 heterocycles. The lowest BCUT2D eigenvalue weighted by Gasteiger charge is -2.03. The van der Waals surface area contributed by atoms with Gasteiger partial charge in [0.2, 0.25) is 0 Å². The molecular weight excluding hydrogens is 375 g/mol. The number of nitrogens with zero attached hydrogens (tertiary/aromatic N) is 3. The first-order valence-electron chi connectivity index (χ1n) is 7.44. The number of rotatable bonds is 2. The van der Waals surface area contributed by atoms with Crippen LogP contribution in [0, 0.1) is 40.1 Å². The molecular formula is C19H8F3N3OS. The lowest BCUT2D eigenvalue weighted by Crippen LogP contribution is -2.31. The summed E-state index contributed by atoms with van der Waals surface area (Å²) in [6, 6.07) is 11.6. The molecule has 3 rings (SSSR count). The molecule has 0 spiro atoms. The third-order valence-electron chi connectivity index (χ3n) is 3.60. The Balaban J connectivity index is 2.45. The predicted octanol–water partition coefficient (Wildman–Crippen LogP) is 2.34. The summed E-state index contributed by atoms with van der Waals surface area (Å²) in [4.78, 5) is 12.8. The number of hydrogen-bond donors (Lipinski definition) is 0. The van der Waals surface area contributed by atoms with Crippen LogP contribution in [0.1, 0.15) is 5.56 Å². The van der Waals surface area contributed by atoms with Crippen molar-refractivity contribution in [2.75, 3.05) is 0 Å². The largest absolute Gasteiger partial charge is 0.273 e. The van der Waals surface area contributed by atoms with Crippen LogP contribution in [0.3, 0.4) is 0 Å². The van der Waals surface area contributed by atoms with Crippen LogP contribution in [0.25, 0.3) is 17.3 Å². The molecule has 0 amide bonds. The van der Waals surface area contributed by atoms with Gasteiger partial charge in [0, 0.05) is 11.6 Å². The molecule has 0 aliphatic carbocycles. The average Bonchev–Trinajstić information content (AvgIpc) is 2.95. The maximum absolute atomic E-state index is 14.2. The molecule has 0 aliphatic rings. The standard InChI is InChI=1S/C19H8F3N3OS/c20-13-5-6-16(15(22)8-13)25-18(26)17(27-19(25)12(9-23)10-24)7-11-3-1-2-4-14(11)21/h1-8H/b17-7+. The zero-order valence-corrected chi connectivity index (χ0v) is 14.2. The Morgan fingerprint density at radius 2 is 1.74 bits per heavy atom. The van der Waals surface area contributed by atoms with Crippen molar-refractivity contribution in [2.24, 2.45) is 0 Å². The van der Waals surface area contributed by atoms with Gasteiger partial charge in [0.05, 0.1) is 10.2 Å². The Morgan fingerprint density at radius 3 is 2.37 bits per heavy atom. The lowest BCUT2D eigenvalue weighted by molar-refractivity contribution is 0.576. The number of aromatic nitrogens is 1. The minimum Gasteiger partial charge on any atom is -0.267 e. The Labute approximate surface area is 154 Å². The van der Waals surface area contributed by atoms with E-state index in [9.17, 15) is 18.0 Å². The van der Waals surface area contributed by atoms with Crippen LogP contribution in [-0.4, -0.2) is 4.57 Å². The van der Waals surface area contributed by atoms with Crippen LogP contribution in [0.5, 0.6) is 0 Å². The lowest BCUT2D eigenvalue weighted by atomic mass is 10.2. The Bertz CT molecular complexity index is 1290. The van der Waals surface area contributed by atoms with Crippen molar-refractivity contribution >= 4 is 23.0 Å². The van der Waals surface area contributed by atoms with E-state index in [0.717, 1.165) is 28.0 Å². The summed E-state index contributed by atoms with van der Waals surface area (Å²) in [5.74, 6) is -2.45. The molecule has 132 valence electrons. The van der Waals surface area contributed by atoms with Gasteiger partial charge in [-0.25, -0.2) is 13.2 Å². The van der Waals surface area contributed by atoms with Gasteiger partial charge in [-0.3, -0.25) is 9.36 Å². The molecule has 0 radical (unpaired) electrons. The minimum atomic E-state index is -1.04. The monoisotopic (exact) mass is 383 g/mol. The van der Waals surface area contributed by atoms with Crippen molar-refractivity contribution in [3.8, 4) is 17.8 Å². The van der Waals surface area contributed by atoms with Gasteiger partial charge in [0.25, 0.3) is 5.56 Å². The first-order chi connectivity index (χ1) is 13.0. The van der Waals surface area contributed by atoms with E-state index in [2.05, 4.69) is 0 Å². The maximum atomic E-state index is 14.2. The van der Waals surface area contributed by atoms with Crippen LogP contribution in [0.2, 0.25) is 0 Å². The van der Waals surface area contributed by atoms with Gasteiger partial charge in [-0.1, -0.05) is 18.2 Å². The fraction of sp³-hybridized carbons (Fsp3) is 0. The van der Waals surface area contributed by atoms with E-state index >= 15 is 0 Å². The molecule has 0 N–H and O–H groups in total. The zero-order valence-electron chi connectivity index (χ0n) is 13.4. The molecule has 0 atom stereocenters. The molecule has 0 bridgehead atoms. The molecule has 3 aromatic rings. The van der Waals surface area contributed by atoms with Gasteiger partial charge in [0.15, 0.2) is 5.57 Å². The normalized spacial score (nSPS) is 11.1. The zero-order chi connectivity index (χ0) is 19.6. The van der Waals surface area contributed by atoms with E-state index < -0.39 is 28.6 Å². The van der Waals surface area contributed by atoms with E-state index in [1.807, 2.05) is 0 Å². The van der Waals surface area contributed by atoms with E-state index in [1.165, 1.54) is 24.3 Å². The third kappa shape index (κ3) is 3.39. The van der Waals surface area contributed by atoms with E-state index in [4.69, 9.17) is 10.5 Å². The Hall–Kier alpha value is -3.62. The fourth-order valence-electron chi connectivity index (χ4n) is 2.39. The van der Waals surface area contributed by atoms with E-state index in [-0.39, 0.29) is 20.4 Å². The highest BCUT2D eigenvalue weighted by molar-refractivity contribution is 7.07. The number of hydrogen-bond acceptors (Lipinski definition) is 4. The number of thiazole rings is 1. The summed E-state index contributed by atoms with van der Waals surface area (Å²) >= 11 is 0.740. The first kappa shape index (κ1) is 18.2. The highest BCUT2D eigenvalue weighted by Crippen LogP contribution is 2.12. The van der Waals surface area contributed by atoms with Crippen molar-refractivity contribution in [3.63, 3.8) is 0 Å². The Kier molecular flexibility index (Phi) is 4.93. The number of benzene rings is 2. The quantitative estimate of drug-likeness (QED) is 0.682. The smallest absolute Gasteiger partial charge is 0.267 e. The summed E-state index contributed by atoms with van der Waals surface area (Å²) in [5, 5.41) is 18.3. The molecule has 27 heavy (non-hydrogen) atoms. The molecule has 8 heteroatoms. The third-order valence-corrected chi connectivity index (χ3v) is 4.70. The van der Waals surface area contributed by atoms with Crippen molar-refractivity contribution in [3.05, 3.63) is 85.0 Å². The van der Waals surface area contributed by atoms with E-state index in [0.29, 0.717) is 6.07 Å². The van der Waals surface area contributed by atoms with Gasteiger partial charge in [-0.15, -0.1) is 11.3 Å². The molecule has 0 aliphatic heterocycles. The predicted molar refractivity (Wildman–Crippen MR) is 93.7 cm³/mol. The maximum Gasteiger partial charge on any atom is 0.273 e. The van der Waals surface area contributed by atoms with Crippen molar-refractivity contribution in [2.45, 2.75) is 0 Å². The highest BCUT2D eigenvalue weighted by Gasteiger charge is 2.15. The minimum absolute atomic E-state index is 0.0122. The van der Waals surface area contributed by atoms with Crippen molar-refractivity contribution < 1.29 is 13.2 Å². The van der Waals surface area contributed by atoms with Crippen LogP contribution >= 0.6 is 11.3 Å². The van der Waals surface area contributed by atoms with Gasteiger partial charge in [0.1, 0.15) is 34.3 Å². The molecule has 4 nitrogen and oxygen atoms in total. The summed E-state index contributed by atoms with van der Waals surface area (Å²) < 4.78 is 42.0. The van der Waals surface area contributed by atoms with Crippen LogP contribution in [0.15, 0.2) is 47.3 Å². The molecule has 0 saturated heterocycles. The molecule has 0 fully saturated rings. The van der Waals surface area contributed by atoms with E-state index in [1.54, 1.807) is 18.2 Å². The van der Waals surface area contributed by atoms with Crippen LogP contribution < -0.4 is 14.8 Å². The first-order valence-corrected chi connectivity index (χ1v) is 8.26. The average molecular weight is 383 g/mol. The van der Waals surface area contributed by atoms with Gasteiger partial charge in [-0.05, 0) is 24.3 Å². The fourth-order valence-corrected chi connectivity index (χ4v) is 3.42. The molecule has 0 saturated carbocycles.